The summed E-state index contributed by atoms with van der Waals surface area (Å²) in [4.78, 5) is 20.2. The van der Waals surface area contributed by atoms with Crippen molar-refractivity contribution < 1.29 is 9.53 Å². The number of nitrogens with zero attached hydrogens (tertiary/aromatic N) is 3. The molecule has 0 radical (unpaired) electrons. The van der Waals surface area contributed by atoms with Crippen LogP contribution < -0.4 is 0 Å². The largest absolute Gasteiger partial charge is 0.440 e. The molecule has 1 spiro atoms. The fraction of sp³-hybridized carbons (Fsp3) is 0.714. The van der Waals surface area contributed by atoms with Crippen molar-refractivity contribution in [3.8, 4) is 0 Å². The molecule has 1 aromatic heterocycles. The van der Waals surface area contributed by atoms with Crippen LogP contribution in [0.5, 0.6) is 0 Å². The van der Waals surface area contributed by atoms with E-state index in [-0.39, 0.29) is 11.7 Å². The van der Waals surface area contributed by atoms with Gasteiger partial charge in [0.05, 0.1) is 17.2 Å². The van der Waals surface area contributed by atoms with Crippen LogP contribution >= 0.6 is 11.3 Å². The lowest BCUT2D eigenvalue weighted by Crippen LogP contribution is -2.50. The molecule has 20 heavy (non-hydrogen) atoms. The Balaban J connectivity index is 1.57. The maximum atomic E-state index is 11.6. The number of amides is 1. The van der Waals surface area contributed by atoms with Gasteiger partial charge < -0.3 is 9.64 Å². The van der Waals surface area contributed by atoms with E-state index in [1.54, 1.807) is 16.2 Å². The summed E-state index contributed by atoms with van der Waals surface area (Å²) in [5.41, 5.74) is 0.898. The Labute approximate surface area is 123 Å². The summed E-state index contributed by atoms with van der Waals surface area (Å²) in [5, 5.41) is 3.26. The summed E-state index contributed by atoms with van der Waals surface area (Å²) in [6.07, 6.45) is 2.87. The molecule has 110 valence electrons. The van der Waals surface area contributed by atoms with E-state index < -0.39 is 0 Å². The number of piperidine rings is 1. The molecular weight excluding hydrogens is 274 g/mol. The molecule has 0 unspecified atom stereocenters. The predicted octanol–water partition coefficient (Wildman–Crippen LogP) is 1.91. The topological polar surface area (TPSA) is 45.7 Å². The zero-order valence-corrected chi connectivity index (χ0v) is 12.9. The summed E-state index contributed by atoms with van der Waals surface area (Å²) < 4.78 is 5.62. The number of likely N-dealkylation sites (tertiary alicyclic amines) is 1. The number of carbonyl (C=O) groups is 1. The monoisotopic (exact) mass is 295 g/mol. The molecule has 0 aromatic carbocycles. The van der Waals surface area contributed by atoms with E-state index in [9.17, 15) is 4.79 Å². The second-order valence-corrected chi connectivity index (χ2v) is 6.96. The SMILES string of the molecule is Cc1nc(CCN2CCC[C@]3(C2)CN(C)C(=O)O3)cs1. The van der Waals surface area contributed by atoms with Crippen molar-refractivity contribution in [2.75, 3.05) is 33.2 Å². The van der Waals surface area contributed by atoms with Crippen LogP contribution in [0.1, 0.15) is 23.5 Å². The maximum absolute atomic E-state index is 11.6. The summed E-state index contributed by atoms with van der Waals surface area (Å²) in [5.74, 6) is 0. The Bertz CT molecular complexity index is 504. The van der Waals surface area contributed by atoms with Gasteiger partial charge in [-0.3, -0.25) is 4.90 Å². The van der Waals surface area contributed by atoms with E-state index in [4.69, 9.17) is 4.74 Å². The van der Waals surface area contributed by atoms with Crippen molar-refractivity contribution in [3.05, 3.63) is 16.1 Å². The smallest absolute Gasteiger partial charge is 0.410 e. The van der Waals surface area contributed by atoms with Crippen LogP contribution in [-0.2, 0) is 11.2 Å². The fourth-order valence-electron chi connectivity index (χ4n) is 3.18. The van der Waals surface area contributed by atoms with Gasteiger partial charge in [0, 0.05) is 31.9 Å². The van der Waals surface area contributed by atoms with Crippen LogP contribution in [0, 0.1) is 6.92 Å². The van der Waals surface area contributed by atoms with E-state index >= 15 is 0 Å². The number of ether oxygens (including phenoxy) is 1. The Kier molecular flexibility index (Phi) is 3.69. The summed E-state index contributed by atoms with van der Waals surface area (Å²) in [6, 6.07) is 0. The summed E-state index contributed by atoms with van der Waals surface area (Å²) in [6.45, 7) is 5.69. The molecule has 0 aliphatic carbocycles. The summed E-state index contributed by atoms with van der Waals surface area (Å²) >= 11 is 1.70. The number of rotatable bonds is 3. The Morgan fingerprint density at radius 1 is 1.50 bits per heavy atom. The number of aromatic nitrogens is 1. The third-order valence-corrected chi connectivity index (χ3v) is 4.93. The molecule has 1 amide bonds. The van der Waals surface area contributed by atoms with Crippen molar-refractivity contribution >= 4 is 17.4 Å². The highest BCUT2D eigenvalue weighted by atomic mass is 32.1. The number of carbonyl (C=O) groups excluding carboxylic acids is 1. The normalized spacial score (nSPS) is 27.3. The first kappa shape index (κ1) is 13.8. The van der Waals surface area contributed by atoms with E-state index in [2.05, 4.69) is 15.3 Å². The molecule has 2 aliphatic rings. The average molecular weight is 295 g/mol. The van der Waals surface area contributed by atoms with E-state index in [1.807, 2.05) is 14.0 Å². The maximum Gasteiger partial charge on any atom is 0.410 e. The number of hydrogen-bond donors (Lipinski definition) is 0. The highest BCUT2D eigenvalue weighted by molar-refractivity contribution is 7.09. The van der Waals surface area contributed by atoms with Crippen LogP contribution in [-0.4, -0.2) is 59.7 Å². The minimum Gasteiger partial charge on any atom is -0.440 e. The predicted molar refractivity (Wildman–Crippen MR) is 78.1 cm³/mol. The Morgan fingerprint density at radius 2 is 2.35 bits per heavy atom. The van der Waals surface area contributed by atoms with E-state index in [0.29, 0.717) is 0 Å². The number of thiazole rings is 1. The first-order valence-electron chi connectivity index (χ1n) is 7.14. The molecule has 3 rings (SSSR count). The van der Waals surface area contributed by atoms with Crippen LogP contribution in [0.25, 0.3) is 0 Å². The van der Waals surface area contributed by atoms with Crippen molar-refractivity contribution in [1.82, 2.24) is 14.8 Å². The molecule has 0 bridgehead atoms. The molecule has 2 saturated heterocycles. The molecule has 6 heteroatoms. The van der Waals surface area contributed by atoms with E-state index in [1.165, 1.54) is 5.69 Å². The van der Waals surface area contributed by atoms with Crippen molar-refractivity contribution in [1.29, 1.82) is 0 Å². The van der Waals surface area contributed by atoms with Gasteiger partial charge >= 0.3 is 6.09 Å². The highest BCUT2D eigenvalue weighted by Gasteiger charge is 2.46. The molecular formula is C14H21N3O2S. The zero-order valence-electron chi connectivity index (χ0n) is 12.1. The van der Waals surface area contributed by atoms with Gasteiger partial charge in [-0.25, -0.2) is 9.78 Å². The zero-order chi connectivity index (χ0) is 14.2. The van der Waals surface area contributed by atoms with Gasteiger partial charge in [0.15, 0.2) is 0 Å². The lowest BCUT2D eigenvalue weighted by atomic mass is 9.92. The quantitative estimate of drug-likeness (QED) is 0.854. The second kappa shape index (κ2) is 5.33. The van der Waals surface area contributed by atoms with Crippen LogP contribution in [0.2, 0.25) is 0 Å². The Morgan fingerprint density at radius 3 is 3.00 bits per heavy atom. The molecule has 0 saturated carbocycles. The minimum absolute atomic E-state index is 0.179. The second-order valence-electron chi connectivity index (χ2n) is 5.89. The van der Waals surface area contributed by atoms with Gasteiger partial charge in [0.2, 0.25) is 0 Å². The van der Waals surface area contributed by atoms with Gasteiger partial charge in [-0.05, 0) is 26.3 Å². The third kappa shape index (κ3) is 2.81. The molecule has 3 heterocycles. The lowest BCUT2D eigenvalue weighted by Gasteiger charge is -2.38. The number of likely N-dealkylation sites (N-methyl/N-ethyl adjacent to an activating group) is 1. The minimum atomic E-state index is -0.276. The number of hydrogen-bond acceptors (Lipinski definition) is 5. The van der Waals surface area contributed by atoms with Crippen LogP contribution in [0.15, 0.2) is 5.38 Å². The van der Waals surface area contributed by atoms with Crippen molar-refractivity contribution in [3.63, 3.8) is 0 Å². The van der Waals surface area contributed by atoms with Crippen molar-refractivity contribution in [2.24, 2.45) is 0 Å². The Hall–Kier alpha value is -1.14. The van der Waals surface area contributed by atoms with E-state index in [0.717, 1.165) is 50.4 Å². The first-order chi connectivity index (χ1) is 9.56. The average Bonchev–Trinajstić information content (AvgIpc) is 2.92. The van der Waals surface area contributed by atoms with Gasteiger partial charge in [-0.1, -0.05) is 0 Å². The fourth-order valence-corrected chi connectivity index (χ4v) is 3.83. The lowest BCUT2D eigenvalue weighted by molar-refractivity contribution is -0.00839. The standard InChI is InChI=1S/C14H21N3O2S/c1-11-15-12(8-20-11)4-7-17-6-3-5-14(10-17)9-16(2)13(18)19-14/h8H,3-7,9-10H2,1-2H3/t14-/m1/s1. The van der Waals surface area contributed by atoms with Gasteiger partial charge in [0.1, 0.15) is 5.60 Å². The third-order valence-electron chi connectivity index (χ3n) is 4.11. The van der Waals surface area contributed by atoms with Gasteiger partial charge in [-0.15, -0.1) is 11.3 Å². The first-order valence-corrected chi connectivity index (χ1v) is 8.02. The summed E-state index contributed by atoms with van der Waals surface area (Å²) in [7, 11) is 1.81. The molecule has 1 aromatic rings. The van der Waals surface area contributed by atoms with Gasteiger partial charge in [0.25, 0.3) is 0 Å². The van der Waals surface area contributed by atoms with Crippen LogP contribution in [0.3, 0.4) is 0 Å². The molecule has 2 fully saturated rings. The van der Waals surface area contributed by atoms with Crippen LogP contribution in [0.4, 0.5) is 4.79 Å². The molecule has 5 nitrogen and oxygen atoms in total. The molecule has 0 N–H and O–H groups in total. The van der Waals surface area contributed by atoms with Gasteiger partial charge in [-0.2, -0.15) is 0 Å². The molecule has 1 atom stereocenters. The number of aryl methyl sites for hydroxylation is 1. The molecule has 2 aliphatic heterocycles. The van der Waals surface area contributed by atoms with Crippen molar-refractivity contribution in [2.45, 2.75) is 31.8 Å². The highest BCUT2D eigenvalue weighted by Crippen LogP contribution is 2.31.